The lowest BCUT2D eigenvalue weighted by Gasteiger charge is -2.23. The van der Waals surface area contributed by atoms with E-state index in [4.69, 9.17) is 5.73 Å². The average Bonchev–Trinajstić information content (AvgIpc) is 2.72. The summed E-state index contributed by atoms with van der Waals surface area (Å²) in [7, 11) is -2.30. The van der Waals surface area contributed by atoms with E-state index in [1.807, 2.05) is 0 Å². The molecule has 0 radical (unpaired) electrons. The van der Waals surface area contributed by atoms with E-state index in [2.05, 4.69) is 4.98 Å². The molecule has 6 nitrogen and oxygen atoms in total. The Balaban J connectivity index is 2.53. The highest BCUT2D eigenvalue weighted by molar-refractivity contribution is 7.92. The van der Waals surface area contributed by atoms with Crippen LogP contribution < -0.4 is 10.0 Å². The first kappa shape index (κ1) is 14.3. The lowest BCUT2D eigenvalue weighted by molar-refractivity contribution is 0.582. The van der Waals surface area contributed by atoms with Gasteiger partial charge in [-0.1, -0.05) is 0 Å². The van der Waals surface area contributed by atoms with Gasteiger partial charge >= 0.3 is 0 Å². The zero-order chi connectivity index (χ0) is 14.9. The van der Waals surface area contributed by atoms with Gasteiger partial charge in [0, 0.05) is 13.6 Å². The first-order valence-electron chi connectivity index (χ1n) is 5.93. The van der Waals surface area contributed by atoms with Crippen LogP contribution in [0.4, 0.5) is 15.9 Å². The minimum Gasteiger partial charge on any atom is -0.381 e. The molecule has 0 saturated heterocycles. The molecule has 108 valence electrons. The smallest absolute Gasteiger partial charge is 0.283 e. The van der Waals surface area contributed by atoms with Crippen molar-refractivity contribution in [2.45, 2.75) is 11.9 Å². The molecule has 0 fully saturated rings. The number of rotatable bonds is 4. The van der Waals surface area contributed by atoms with Gasteiger partial charge in [-0.05, 0) is 31.2 Å². The van der Waals surface area contributed by atoms with Gasteiger partial charge in [-0.2, -0.15) is 8.42 Å². The Kier molecular flexibility index (Phi) is 3.67. The fraction of sp³-hybridized carbons (Fsp3) is 0.250. The van der Waals surface area contributed by atoms with Gasteiger partial charge in [-0.3, -0.25) is 4.31 Å². The molecular weight excluding hydrogens is 283 g/mol. The monoisotopic (exact) mass is 298 g/mol. The number of aromatic nitrogens is 2. The number of benzene rings is 1. The summed E-state index contributed by atoms with van der Waals surface area (Å²) in [5.74, 6) is -0.490. The van der Waals surface area contributed by atoms with Gasteiger partial charge in [0.1, 0.15) is 5.82 Å². The fourth-order valence-electron chi connectivity index (χ4n) is 1.95. The van der Waals surface area contributed by atoms with Gasteiger partial charge in [-0.25, -0.2) is 9.37 Å². The predicted octanol–water partition coefficient (Wildman–Crippen LogP) is 1.36. The van der Waals surface area contributed by atoms with Crippen LogP contribution in [0, 0.1) is 5.82 Å². The number of nitrogen functional groups attached to an aromatic ring is 1. The summed E-state index contributed by atoms with van der Waals surface area (Å²) in [6, 6.07) is 5.23. The zero-order valence-electron chi connectivity index (χ0n) is 11.1. The maximum atomic E-state index is 13.0. The van der Waals surface area contributed by atoms with E-state index in [0.29, 0.717) is 5.69 Å². The summed E-state index contributed by atoms with van der Waals surface area (Å²) in [5, 5.41) is -0.0799. The van der Waals surface area contributed by atoms with Crippen molar-refractivity contribution in [3.05, 3.63) is 36.4 Å². The normalized spacial score (nSPS) is 11.6. The molecule has 0 aliphatic rings. The molecule has 8 heteroatoms. The van der Waals surface area contributed by atoms with Crippen molar-refractivity contribution in [2.24, 2.45) is 7.05 Å². The standard InChI is InChI=1S/C12H15FN4O2S/c1-3-17(10-6-4-9(13)5-7-10)20(18,19)12-11(14)15-8-16(12)2/h4-8H,3,14H2,1-2H3. The van der Waals surface area contributed by atoms with Crippen molar-refractivity contribution in [3.8, 4) is 0 Å². The second kappa shape index (κ2) is 5.12. The van der Waals surface area contributed by atoms with Gasteiger partial charge < -0.3 is 10.3 Å². The molecule has 0 bridgehead atoms. The fourth-order valence-corrected chi connectivity index (χ4v) is 3.63. The number of hydrogen-bond donors (Lipinski definition) is 1. The summed E-state index contributed by atoms with van der Waals surface area (Å²) in [6.07, 6.45) is 1.33. The van der Waals surface area contributed by atoms with Crippen molar-refractivity contribution in [1.82, 2.24) is 9.55 Å². The highest BCUT2D eigenvalue weighted by atomic mass is 32.2. The molecule has 0 aliphatic heterocycles. The van der Waals surface area contributed by atoms with Crippen molar-refractivity contribution in [3.63, 3.8) is 0 Å². The van der Waals surface area contributed by atoms with E-state index in [0.717, 1.165) is 4.31 Å². The van der Waals surface area contributed by atoms with E-state index < -0.39 is 15.8 Å². The minimum atomic E-state index is -3.85. The van der Waals surface area contributed by atoms with Crippen LogP contribution in [0.2, 0.25) is 0 Å². The Morgan fingerprint density at radius 1 is 1.35 bits per heavy atom. The number of halogens is 1. The van der Waals surface area contributed by atoms with Crippen LogP contribution in [-0.2, 0) is 17.1 Å². The molecule has 2 aromatic rings. The Hall–Kier alpha value is -2.09. The number of hydrogen-bond acceptors (Lipinski definition) is 4. The van der Waals surface area contributed by atoms with E-state index in [1.54, 1.807) is 14.0 Å². The number of nitrogens with two attached hydrogens (primary N) is 1. The topological polar surface area (TPSA) is 81.2 Å². The molecule has 0 unspecified atom stereocenters. The SMILES string of the molecule is CCN(c1ccc(F)cc1)S(=O)(=O)c1c(N)ncn1C. The van der Waals surface area contributed by atoms with Crippen LogP contribution in [0.25, 0.3) is 0 Å². The van der Waals surface area contributed by atoms with E-state index >= 15 is 0 Å². The number of aryl methyl sites for hydroxylation is 1. The van der Waals surface area contributed by atoms with Gasteiger partial charge in [0.15, 0.2) is 10.8 Å². The Morgan fingerprint density at radius 3 is 2.40 bits per heavy atom. The molecule has 0 atom stereocenters. The third kappa shape index (κ3) is 2.34. The third-order valence-corrected chi connectivity index (χ3v) is 4.88. The molecule has 20 heavy (non-hydrogen) atoms. The molecule has 0 spiro atoms. The van der Waals surface area contributed by atoms with E-state index in [1.165, 1.54) is 35.2 Å². The third-order valence-electron chi connectivity index (χ3n) is 2.85. The summed E-state index contributed by atoms with van der Waals surface area (Å²) < 4.78 is 40.7. The molecule has 1 aromatic carbocycles. The van der Waals surface area contributed by atoms with Crippen molar-refractivity contribution < 1.29 is 12.8 Å². The Bertz CT molecular complexity index is 690. The average molecular weight is 298 g/mol. The molecule has 1 heterocycles. The number of anilines is 2. The highest BCUT2D eigenvalue weighted by Gasteiger charge is 2.29. The molecule has 0 amide bonds. The van der Waals surface area contributed by atoms with Crippen LogP contribution >= 0.6 is 0 Å². The van der Waals surface area contributed by atoms with Crippen LogP contribution in [0.1, 0.15) is 6.92 Å². The van der Waals surface area contributed by atoms with Crippen LogP contribution in [0.15, 0.2) is 35.6 Å². The summed E-state index contributed by atoms with van der Waals surface area (Å²) in [4.78, 5) is 3.78. The van der Waals surface area contributed by atoms with Crippen LogP contribution in [0.3, 0.4) is 0 Å². The minimum absolute atomic E-state index is 0.0620. The number of sulfonamides is 1. The quantitative estimate of drug-likeness (QED) is 0.924. The maximum Gasteiger partial charge on any atom is 0.283 e. The maximum absolute atomic E-state index is 13.0. The summed E-state index contributed by atoms with van der Waals surface area (Å²) >= 11 is 0. The van der Waals surface area contributed by atoms with Gasteiger partial charge in [0.2, 0.25) is 0 Å². The summed E-state index contributed by atoms with van der Waals surface area (Å²) in [6.45, 7) is 1.88. The first-order chi connectivity index (χ1) is 9.37. The molecule has 1 aromatic heterocycles. The van der Waals surface area contributed by atoms with Crippen molar-refractivity contribution in [2.75, 3.05) is 16.6 Å². The van der Waals surface area contributed by atoms with Crippen LogP contribution in [-0.4, -0.2) is 24.5 Å². The number of nitrogens with zero attached hydrogens (tertiary/aromatic N) is 3. The highest BCUT2D eigenvalue weighted by Crippen LogP contribution is 2.26. The van der Waals surface area contributed by atoms with Crippen molar-refractivity contribution >= 4 is 21.5 Å². The largest absolute Gasteiger partial charge is 0.381 e. The molecule has 0 saturated carbocycles. The predicted molar refractivity (Wildman–Crippen MR) is 74.2 cm³/mol. The van der Waals surface area contributed by atoms with Gasteiger partial charge in [0.25, 0.3) is 10.0 Å². The van der Waals surface area contributed by atoms with Crippen LogP contribution in [0.5, 0.6) is 0 Å². The number of imidazole rings is 1. The zero-order valence-corrected chi connectivity index (χ0v) is 11.9. The molecular formula is C12H15FN4O2S. The van der Waals surface area contributed by atoms with E-state index in [9.17, 15) is 12.8 Å². The molecule has 0 aliphatic carbocycles. The molecule has 2 rings (SSSR count). The first-order valence-corrected chi connectivity index (χ1v) is 7.37. The second-order valence-electron chi connectivity index (χ2n) is 4.19. The summed E-state index contributed by atoms with van der Waals surface area (Å²) in [5.41, 5.74) is 5.99. The van der Waals surface area contributed by atoms with Gasteiger partial charge in [0.05, 0.1) is 12.0 Å². The Labute approximate surface area is 116 Å². The van der Waals surface area contributed by atoms with Gasteiger partial charge in [-0.15, -0.1) is 0 Å². The van der Waals surface area contributed by atoms with E-state index in [-0.39, 0.29) is 17.4 Å². The lowest BCUT2D eigenvalue weighted by Crippen LogP contribution is -2.32. The second-order valence-corrected chi connectivity index (χ2v) is 5.97. The molecule has 2 N–H and O–H groups in total. The van der Waals surface area contributed by atoms with Crippen molar-refractivity contribution in [1.29, 1.82) is 0 Å². The Morgan fingerprint density at radius 2 is 1.95 bits per heavy atom. The lowest BCUT2D eigenvalue weighted by atomic mass is 10.3.